The molecule has 0 fully saturated rings. The van der Waals surface area contributed by atoms with Crippen LogP contribution < -0.4 is 0 Å². The molecule has 1 N–H and O–H groups in total. The van der Waals surface area contributed by atoms with Gasteiger partial charge in [-0.15, -0.1) is 0 Å². The van der Waals surface area contributed by atoms with E-state index in [1.54, 1.807) is 24.8 Å². The van der Waals surface area contributed by atoms with Crippen molar-refractivity contribution in [2.75, 3.05) is 0 Å². The van der Waals surface area contributed by atoms with Gasteiger partial charge in [-0.05, 0) is 12.1 Å². The molecule has 13 heavy (non-hydrogen) atoms. The van der Waals surface area contributed by atoms with E-state index in [1.165, 1.54) is 0 Å². The number of nitriles is 1. The quantitative estimate of drug-likeness (QED) is 0.702. The number of nitrogens with zero attached hydrogens (tertiary/aromatic N) is 3. The molecule has 0 spiro atoms. The number of rotatable bonds is 1. The summed E-state index contributed by atoms with van der Waals surface area (Å²) in [5.74, 6) is 0. The van der Waals surface area contributed by atoms with Crippen molar-refractivity contribution in [2.24, 2.45) is 0 Å². The normalized spacial score (nSPS) is 9.46. The topological polar surface area (TPSA) is 65.4 Å². The Morgan fingerprint density at radius 2 is 2.23 bits per heavy atom. The molecular weight excluding hydrogens is 164 g/mol. The van der Waals surface area contributed by atoms with Crippen molar-refractivity contribution in [3.8, 4) is 17.3 Å². The minimum Gasteiger partial charge on any atom is -0.345 e. The van der Waals surface area contributed by atoms with Gasteiger partial charge in [0.15, 0.2) is 0 Å². The van der Waals surface area contributed by atoms with Crippen LogP contribution in [0.5, 0.6) is 0 Å². The van der Waals surface area contributed by atoms with Crippen LogP contribution in [0.4, 0.5) is 0 Å². The van der Waals surface area contributed by atoms with Gasteiger partial charge in [0.25, 0.3) is 0 Å². The molecule has 2 rings (SSSR count). The van der Waals surface area contributed by atoms with Gasteiger partial charge < -0.3 is 4.98 Å². The Balaban J connectivity index is 2.40. The Morgan fingerprint density at radius 3 is 2.77 bits per heavy atom. The van der Waals surface area contributed by atoms with Crippen molar-refractivity contribution in [3.05, 3.63) is 36.5 Å². The SMILES string of the molecule is N#Cc1ccc(-c2cnc[nH]2)cn1. The van der Waals surface area contributed by atoms with Gasteiger partial charge in [-0.2, -0.15) is 5.26 Å². The van der Waals surface area contributed by atoms with Crippen molar-refractivity contribution in [2.45, 2.75) is 0 Å². The second-order valence-electron chi connectivity index (χ2n) is 2.51. The molecule has 0 aliphatic carbocycles. The maximum Gasteiger partial charge on any atom is 0.140 e. The zero-order valence-electron chi connectivity index (χ0n) is 6.73. The van der Waals surface area contributed by atoms with E-state index in [0.717, 1.165) is 11.3 Å². The summed E-state index contributed by atoms with van der Waals surface area (Å²) in [6.07, 6.45) is 4.96. The lowest BCUT2D eigenvalue weighted by molar-refractivity contribution is 1.25. The van der Waals surface area contributed by atoms with Gasteiger partial charge in [0, 0.05) is 11.8 Å². The number of hydrogen-bond donors (Lipinski definition) is 1. The monoisotopic (exact) mass is 170 g/mol. The first kappa shape index (κ1) is 7.50. The summed E-state index contributed by atoms with van der Waals surface area (Å²) in [5, 5.41) is 8.53. The van der Waals surface area contributed by atoms with Gasteiger partial charge in [-0.25, -0.2) is 9.97 Å². The molecule has 2 aromatic rings. The summed E-state index contributed by atoms with van der Waals surface area (Å²) in [6.45, 7) is 0. The highest BCUT2D eigenvalue weighted by atomic mass is 14.9. The predicted molar refractivity (Wildman–Crippen MR) is 46.5 cm³/mol. The largest absolute Gasteiger partial charge is 0.345 e. The zero-order chi connectivity index (χ0) is 9.10. The number of H-pyrrole nitrogens is 1. The van der Waals surface area contributed by atoms with E-state index in [1.807, 2.05) is 12.1 Å². The molecule has 62 valence electrons. The van der Waals surface area contributed by atoms with Crippen molar-refractivity contribution in [3.63, 3.8) is 0 Å². The minimum absolute atomic E-state index is 0.420. The third-order valence-electron chi connectivity index (χ3n) is 1.69. The van der Waals surface area contributed by atoms with Gasteiger partial charge in [0.1, 0.15) is 11.8 Å². The maximum absolute atomic E-state index is 8.53. The van der Waals surface area contributed by atoms with Crippen LogP contribution in [0.3, 0.4) is 0 Å². The van der Waals surface area contributed by atoms with E-state index in [2.05, 4.69) is 15.0 Å². The fraction of sp³-hybridized carbons (Fsp3) is 0. The minimum atomic E-state index is 0.420. The smallest absolute Gasteiger partial charge is 0.140 e. The molecule has 0 saturated heterocycles. The van der Waals surface area contributed by atoms with Crippen molar-refractivity contribution in [1.82, 2.24) is 15.0 Å². The fourth-order valence-corrected chi connectivity index (χ4v) is 1.03. The molecule has 0 aromatic carbocycles. The van der Waals surface area contributed by atoms with E-state index in [0.29, 0.717) is 5.69 Å². The molecule has 0 aliphatic heterocycles. The fourth-order valence-electron chi connectivity index (χ4n) is 1.03. The first-order valence-electron chi connectivity index (χ1n) is 3.75. The Kier molecular flexibility index (Phi) is 1.77. The molecule has 0 amide bonds. The van der Waals surface area contributed by atoms with Gasteiger partial charge >= 0.3 is 0 Å². The molecule has 4 nitrogen and oxygen atoms in total. The first-order valence-corrected chi connectivity index (χ1v) is 3.75. The van der Waals surface area contributed by atoms with Crippen molar-refractivity contribution in [1.29, 1.82) is 5.26 Å². The first-order chi connectivity index (χ1) is 6.40. The Hall–Kier alpha value is -2.15. The Labute approximate surface area is 74.9 Å². The lowest BCUT2D eigenvalue weighted by Gasteiger charge is -1.94. The third kappa shape index (κ3) is 1.40. The number of aromatic nitrogens is 3. The van der Waals surface area contributed by atoms with E-state index >= 15 is 0 Å². The lowest BCUT2D eigenvalue weighted by atomic mass is 10.2. The summed E-state index contributed by atoms with van der Waals surface area (Å²) in [7, 11) is 0. The molecule has 0 atom stereocenters. The van der Waals surface area contributed by atoms with Crippen LogP contribution in [-0.4, -0.2) is 15.0 Å². The van der Waals surface area contributed by atoms with Crippen LogP contribution in [0.25, 0.3) is 11.3 Å². The second-order valence-corrected chi connectivity index (χ2v) is 2.51. The van der Waals surface area contributed by atoms with Crippen LogP contribution in [0.2, 0.25) is 0 Å². The number of nitrogens with one attached hydrogen (secondary N) is 1. The number of aromatic amines is 1. The van der Waals surface area contributed by atoms with Gasteiger partial charge in [0.2, 0.25) is 0 Å². The Bertz CT molecular complexity index is 422. The maximum atomic E-state index is 8.53. The highest BCUT2D eigenvalue weighted by Gasteiger charge is 1.98. The average Bonchev–Trinajstić information content (AvgIpc) is 2.71. The van der Waals surface area contributed by atoms with E-state index in [4.69, 9.17) is 5.26 Å². The highest BCUT2D eigenvalue weighted by Crippen LogP contribution is 2.13. The number of pyridine rings is 1. The average molecular weight is 170 g/mol. The number of imidazole rings is 1. The van der Waals surface area contributed by atoms with Crippen LogP contribution in [-0.2, 0) is 0 Å². The van der Waals surface area contributed by atoms with E-state index < -0.39 is 0 Å². The molecule has 0 saturated carbocycles. The number of hydrogen-bond acceptors (Lipinski definition) is 3. The molecule has 2 aromatic heterocycles. The van der Waals surface area contributed by atoms with Crippen LogP contribution in [0, 0.1) is 11.3 Å². The van der Waals surface area contributed by atoms with Crippen molar-refractivity contribution >= 4 is 0 Å². The summed E-state index contributed by atoms with van der Waals surface area (Å²) in [6, 6.07) is 5.47. The lowest BCUT2D eigenvalue weighted by Crippen LogP contribution is -1.83. The third-order valence-corrected chi connectivity index (χ3v) is 1.69. The van der Waals surface area contributed by atoms with Gasteiger partial charge in [0.05, 0.1) is 18.2 Å². The summed E-state index contributed by atoms with van der Waals surface area (Å²) >= 11 is 0. The molecule has 2 heterocycles. The van der Waals surface area contributed by atoms with E-state index in [-0.39, 0.29) is 0 Å². The predicted octanol–water partition coefficient (Wildman–Crippen LogP) is 1.34. The second kappa shape index (κ2) is 3.07. The molecule has 4 heteroatoms. The highest BCUT2D eigenvalue weighted by molar-refractivity contribution is 5.56. The zero-order valence-corrected chi connectivity index (χ0v) is 6.73. The van der Waals surface area contributed by atoms with Gasteiger partial charge in [-0.3, -0.25) is 0 Å². The molecular formula is C9H6N4. The van der Waals surface area contributed by atoms with Crippen molar-refractivity contribution < 1.29 is 0 Å². The Morgan fingerprint density at radius 1 is 1.31 bits per heavy atom. The van der Waals surface area contributed by atoms with Crippen LogP contribution in [0.15, 0.2) is 30.9 Å². The van der Waals surface area contributed by atoms with Gasteiger partial charge in [-0.1, -0.05) is 0 Å². The standard InChI is InChI=1S/C9H6N4/c10-3-8-2-1-7(4-12-8)9-5-11-6-13-9/h1-2,4-6H,(H,11,13). The van der Waals surface area contributed by atoms with Crippen LogP contribution in [0.1, 0.15) is 5.69 Å². The summed E-state index contributed by atoms with van der Waals surface area (Å²) in [5.41, 5.74) is 2.25. The molecule has 0 unspecified atom stereocenters. The van der Waals surface area contributed by atoms with Crippen LogP contribution >= 0.6 is 0 Å². The molecule has 0 aliphatic rings. The summed E-state index contributed by atoms with van der Waals surface area (Å²) < 4.78 is 0. The summed E-state index contributed by atoms with van der Waals surface area (Å²) in [4.78, 5) is 10.8. The molecule has 0 bridgehead atoms. The van der Waals surface area contributed by atoms with E-state index in [9.17, 15) is 0 Å². The molecule has 0 radical (unpaired) electrons.